The van der Waals surface area contributed by atoms with Crippen LogP contribution in [0.5, 0.6) is 0 Å². The summed E-state index contributed by atoms with van der Waals surface area (Å²) in [5.74, 6) is -0.400. The van der Waals surface area contributed by atoms with E-state index in [0.717, 1.165) is 25.1 Å². The molecule has 0 N–H and O–H groups in total. The Balaban J connectivity index is 1.67. The van der Waals surface area contributed by atoms with E-state index in [1.165, 1.54) is 102 Å². The minimum atomic E-state index is -0.696. The molecule has 2 unspecified atom stereocenters. The van der Waals surface area contributed by atoms with Crippen LogP contribution in [0.15, 0.2) is 58.8 Å². The maximum atomic E-state index is 13.4. The molecule has 0 saturated carbocycles. The van der Waals surface area contributed by atoms with E-state index < -0.39 is 15.8 Å². The predicted octanol–water partition coefficient (Wildman–Crippen LogP) is 13.8. The van der Waals surface area contributed by atoms with Crippen LogP contribution in [0.1, 0.15) is 170 Å². The molecule has 0 aliphatic heterocycles. The third-order valence-corrected chi connectivity index (χ3v) is 11.5. The van der Waals surface area contributed by atoms with Gasteiger partial charge in [0, 0.05) is 24.4 Å². The van der Waals surface area contributed by atoms with Crippen LogP contribution < -0.4 is 4.90 Å². The topological polar surface area (TPSA) is 124 Å². The molecule has 10 heteroatoms. The lowest BCUT2D eigenvalue weighted by atomic mass is 9.74. The highest BCUT2D eigenvalue weighted by atomic mass is 16.6. The lowest BCUT2D eigenvalue weighted by Gasteiger charge is -2.32. The molecule has 56 heavy (non-hydrogen) atoms. The lowest BCUT2D eigenvalue weighted by molar-refractivity contribution is -0.384. The number of hydrogen-bond donors (Lipinski definition) is 0. The first kappa shape index (κ1) is 48.3. The standard InChI is InChI=1S/C46H74N4O6/c1-7-11-12-13-14-15-16-17-18-19-20-21-22-23-24-25-37-55-43(51)45(5,8-2)34-35-46(6,9-3)44(52)56-38-36-49(10-4)41-30-26-39(27-31-41)47-48-40-28-32-42(33-29-40)50(53)54/h26-33H,7-25,34-38H2,1-6H3/b48-47+. The van der Waals surface area contributed by atoms with Gasteiger partial charge in [-0.25, -0.2) is 0 Å². The van der Waals surface area contributed by atoms with Crippen LogP contribution in [-0.2, 0) is 19.1 Å². The van der Waals surface area contributed by atoms with Crippen molar-refractivity contribution in [2.45, 2.75) is 170 Å². The number of nitro groups is 1. The molecule has 0 fully saturated rings. The van der Waals surface area contributed by atoms with Crippen LogP contribution in [0.3, 0.4) is 0 Å². The minimum absolute atomic E-state index is 0.00482. The number of esters is 2. The molecule has 0 heterocycles. The number of anilines is 1. The van der Waals surface area contributed by atoms with Gasteiger partial charge in [0.25, 0.3) is 5.69 Å². The lowest BCUT2D eigenvalue weighted by Crippen LogP contribution is -2.36. The summed E-state index contributed by atoms with van der Waals surface area (Å²) >= 11 is 0. The number of rotatable bonds is 32. The Labute approximate surface area is 338 Å². The summed E-state index contributed by atoms with van der Waals surface area (Å²) in [7, 11) is 0. The zero-order valence-corrected chi connectivity index (χ0v) is 35.8. The molecule has 0 aliphatic rings. The molecule has 0 bridgehead atoms. The second kappa shape index (κ2) is 27.7. The Morgan fingerprint density at radius 1 is 0.607 bits per heavy atom. The number of azo groups is 1. The van der Waals surface area contributed by atoms with Crippen molar-refractivity contribution in [1.29, 1.82) is 0 Å². The SMILES string of the molecule is CCCCCCCCCCCCCCCCCCOC(=O)C(C)(CC)CCC(C)(CC)C(=O)OCCN(CC)c1ccc(/N=N/c2ccc([N+](=O)[O-])cc2)cc1. The largest absolute Gasteiger partial charge is 0.465 e. The van der Waals surface area contributed by atoms with E-state index >= 15 is 0 Å². The fourth-order valence-electron chi connectivity index (χ4n) is 6.77. The summed E-state index contributed by atoms with van der Waals surface area (Å²) in [5, 5.41) is 19.3. The quantitative estimate of drug-likeness (QED) is 0.0238. The van der Waals surface area contributed by atoms with E-state index in [9.17, 15) is 19.7 Å². The molecule has 314 valence electrons. The molecular formula is C46H74N4O6. The van der Waals surface area contributed by atoms with Crippen molar-refractivity contribution in [2.75, 3.05) is 31.2 Å². The number of benzene rings is 2. The Kier molecular flexibility index (Phi) is 23.9. The highest BCUT2D eigenvalue weighted by Crippen LogP contribution is 2.38. The first-order valence-corrected chi connectivity index (χ1v) is 21.9. The summed E-state index contributed by atoms with van der Waals surface area (Å²) in [4.78, 5) is 39.2. The molecule has 10 nitrogen and oxygen atoms in total. The smallest absolute Gasteiger partial charge is 0.311 e. The van der Waals surface area contributed by atoms with Crippen molar-refractivity contribution < 1.29 is 24.0 Å². The third-order valence-electron chi connectivity index (χ3n) is 11.5. The van der Waals surface area contributed by atoms with E-state index in [1.807, 2.05) is 58.9 Å². The van der Waals surface area contributed by atoms with E-state index in [2.05, 4.69) is 22.1 Å². The van der Waals surface area contributed by atoms with Gasteiger partial charge >= 0.3 is 11.9 Å². The van der Waals surface area contributed by atoms with Crippen molar-refractivity contribution in [1.82, 2.24) is 0 Å². The van der Waals surface area contributed by atoms with E-state index in [0.29, 0.717) is 50.2 Å². The summed E-state index contributed by atoms with van der Waals surface area (Å²) < 4.78 is 11.6. The van der Waals surface area contributed by atoms with Gasteiger partial charge in [0.15, 0.2) is 0 Å². The fraction of sp³-hybridized carbons (Fsp3) is 0.696. The van der Waals surface area contributed by atoms with Crippen molar-refractivity contribution in [3.63, 3.8) is 0 Å². The molecule has 0 aliphatic carbocycles. The predicted molar refractivity (Wildman–Crippen MR) is 229 cm³/mol. The molecule has 0 aromatic heterocycles. The van der Waals surface area contributed by atoms with E-state index in [1.54, 1.807) is 12.1 Å². The Hall–Kier alpha value is -3.82. The van der Waals surface area contributed by atoms with Gasteiger partial charge < -0.3 is 14.4 Å². The number of carbonyl (C=O) groups is 2. The monoisotopic (exact) mass is 779 g/mol. The second-order valence-electron chi connectivity index (χ2n) is 16.0. The van der Waals surface area contributed by atoms with Crippen LogP contribution in [0.2, 0.25) is 0 Å². The fourth-order valence-corrected chi connectivity index (χ4v) is 6.77. The van der Waals surface area contributed by atoms with Gasteiger partial charge in [0.2, 0.25) is 0 Å². The number of non-ortho nitro benzene ring substituents is 1. The number of unbranched alkanes of at least 4 members (excludes halogenated alkanes) is 15. The van der Waals surface area contributed by atoms with Crippen molar-refractivity contribution in [2.24, 2.45) is 21.1 Å². The molecule has 2 aromatic rings. The Morgan fingerprint density at radius 3 is 1.39 bits per heavy atom. The second-order valence-corrected chi connectivity index (χ2v) is 16.0. The summed E-state index contributed by atoms with van der Waals surface area (Å²) in [6, 6.07) is 13.5. The molecule has 2 aromatic carbocycles. The summed E-state index contributed by atoms with van der Waals surface area (Å²) in [6.45, 7) is 14.2. The van der Waals surface area contributed by atoms with Crippen LogP contribution in [0, 0.1) is 20.9 Å². The number of likely N-dealkylation sites (N-methyl/N-ethyl adjacent to an activating group) is 1. The van der Waals surface area contributed by atoms with Crippen molar-refractivity contribution >= 4 is 34.7 Å². The van der Waals surface area contributed by atoms with Crippen molar-refractivity contribution in [3.05, 3.63) is 58.6 Å². The normalized spacial score (nSPS) is 13.6. The van der Waals surface area contributed by atoms with E-state index in [-0.39, 0.29) is 24.2 Å². The molecule has 0 saturated heterocycles. The number of nitro benzene ring substituents is 1. The van der Waals surface area contributed by atoms with Crippen LogP contribution in [0.4, 0.5) is 22.7 Å². The molecule has 0 radical (unpaired) electrons. The van der Waals surface area contributed by atoms with Crippen LogP contribution in [0.25, 0.3) is 0 Å². The zero-order chi connectivity index (χ0) is 41.1. The summed E-state index contributed by atoms with van der Waals surface area (Å²) in [6.07, 6.45) is 23.4. The molecular weight excluding hydrogens is 705 g/mol. The number of hydrogen-bond acceptors (Lipinski definition) is 9. The maximum Gasteiger partial charge on any atom is 0.311 e. The first-order chi connectivity index (χ1) is 27.0. The first-order valence-electron chi connectivity index (χ1n) is 21.9. The van der Waals surface area contributed by atoms with Gasteiger partial charge in [0.05, 0.1) is 40.3 Å². The minimum Gasteiger partial charge on any atom is -0.465 e. The van der Waals surface area contributed by atoms with Gasteiger partial charge in [-0.2, -0.15) is 10.2 Å². The average Bonchev–Trinajstić information content (AvgIpc) is 3.21. The molecule has 0 amide bonds. The van der Waals surface area contributed by atoms with Gasteiger partial charge in [0.1, 0.15) is 6.61 Å². The highest BCUT2D eigenvalue weighted by Gasteiger charge is 2.39. The highest BCUT2D eigenvalue weighted by molar-refractivity contribution is 5.78. The van der Waals surface area contributed by atoms with Crippen LogP contribution >= 0.6 is 0 Å². The summed E-state index contributed by atoms with van der Waals surface area (Å²) in [5.41, 5.74) is 0.807. The number of carbonyl (C=O) groups excluding carboxylic acids is 2. The van der Waals surface area contributed by atoms with E-state index in [4.69, 9.17) is 9.47 Å². The molecule has 2 atom stereocenters. The number of ether oxygens (including phenoxy) is 2. The maximum absolute atomic E-state index is 13.4. The zero-order valence-electron chi connectivity index (χ0n) is 35.8. The van der Waals surface area contributed by atoms with Gasteiger partial charge in [-0.1, -0.05) is 117 Å². The van der Waals surface area contributed by atoms with Gasteiger partial charge in [-0.05, 0) is 89.3 Å². The Bertz CT molecular complexity index is 1420. The average molecular weight is 779 g/mol. The Morgan fingerprint density at radius 2 is 1.00 bits per heavy atom. The molecule has 2 rings (SSSR count). The van der Waals surface area contributed by atoms with Crippen LogP contribution in [-0.4, -0.2) is 43.2 Å². The molecule has 0 spiro atoms. The number of nitrogens with zero attached hydrogens (tertiary/aromatic N) is 4. The van der Waals surface area contributed by atoms with Gasteiger partial charge in [-0.15, -0.1) is 0 Å². The third kappa shape index (κ3) is 18.4. The van der Waals surface area contributed by atoms with Crippen molar-refractivity contribution in [3.8, 4) is 0 Å². The van der Waals surface area contributed by atoms with Gasteiger partial charge in [-0.3, -0.25) is 19.7 Å².